The maximum atomic E-state index is 12.9. The van der Waals surface area contributed by atoms with Crippen molar-refractivity contribution >= 4 is 18.8 Å². The largest absolute Gasteiger partial charge is 0.388 e. The summed E-state index contributed by atoms with van der Waals surface area (Å²) in [5, 5.41) is 29.9. The molecular weight excluding hydrogens is 443 g/mol. The lowest BCUT2D eigenvalue weighted by molar-refractivity contribution is -0.0696. The third-order valence-corrected chi connectivity index (χ3v) is 8.73. The number of rotatable bonds is 9. The highest BCUT2D eigenvalue weighted by molar-refractivity contribution is 7.54. The number of H-pyrrole nitrogens is 1. The molecule has 1 unspecified atom stereocenters. The van der Waals surface area contributed by atoms with E-state index in [1.807, 2.05) is 0 Å². The summed E-state index contributed by atoms with van der Waals surface area (Å²) in [7, 11) is -4.45. The minimum atomic E-state index is -4.45. The van der Waals surface area contributed by atoms with E-state index in [2.05, 4.69) is 15.0 Å². The van der Waals surface area contributed by atoms with E-state index < -0.39 is 48.6 Å². The fraction of sp³-hybridized carbons (Fsp3) is 0.737. The first-order valence-corrected chi connectivity index (χ1v) is 12.2. The Hall–Kier alpha value is -1.66. The monoisotopic (exact) mass is 474 g/mol. The number of aromatic nitrogens is 4. The van der Waals surface area contributed by atoms with Crippen LogP contribution in [0.15, 0.2) is 17.4 Å². The predicted molar refractivity (Wildman–Crippen MR) is 114 cm³/mol. The zero-order valence-corrected chi connectivity index (χ0v) is 19.4. The SMILES string of the molecule is CCC(O)(CC)P(=O)(O)O[C@](C)(CC)C[C@H]1O[C@@H](n2cnc3c(=O)[nH]cnc32)[C@H](O)[C@@H]1O. The number of aliphatic hydroxyl groups is 3. The van der Waals surface area contributed by atoms with Crippen LogP contribution in [0, 0.1) is 0 Å². The molecule has 0 bridgehead atoms. The summed E-state index contributed by atoms with van der Waals surface area (Å²) >= 11 is 0. The molecule has 0 radical (unpaired) electrons. The van der Waals surface area contributed by atoms with Crippen molar-refractivity contribution < 1.29 is 34.0 Å². The fourth-order valence-electron chi connectivity index (χ4n) is 3.88. The van der Waals surface area contributed by atoms with Gasteiger partial charge in [0.05, 0.1) is 24.4 Å². The molecule has 2 aromatic rings. The van der Waals surface area contributed by atoms with Crippen molar-refractivity contribution in [3.63, 3.8) is 0 Å². The van der Waals surface area contributed by atoms with Crippen LogP contribution in [0.1, 0.15) is 59.6 Å². The Morgan fingerprint density at radius 2 is 1.88 bits per heavy atom. The number of aromatic amines is 1. The summed E-state index contributed by atoms with van der Waals surface area (Å²) in [4.78, 5) is 32.9. The molecule has 0 saturated carbocycles. The average Bonchev–Trinajstić information content (AvgIpc) is 3.30. The van der Waals surface area contributed by atoms with E-state index in [0.717, 1.165) is 0 Å². The Bertz CT molecular complexity index is 1050. The second-order valence-corrected chi connectivity index (χ2v) is 10.5. The van der Waals surface area contributed by atoms with Gasteiger partial charge in [0.25, 0.3) is 5.56 Å². The van der Waals surface area contributed by atoms with Crippen molar-refractivity contribution in [2.45, 2.75) is 88.9 Å². The molecule has 3 rings (SSSR count). The summed E-state index contributed by atoms with van der Waals surface area (Å²) in [5.41, 5.74) is -1.46. The van der Waals surface area contributed by atoms with Gasteiger partial charge in [0.15, 0.2) is 22.7 Å². The van der Waals surface area contributed by atoms with Crippen molar-refractivity contribution in [2.75, 3.05) is 0 Å². The number of nitrogens with zero attached hydrogens (tertiary/aromatic N) is 3. The standard InChI is InChI=1S/C19H31N4O8P/c1-5-18(4,31-32(28,29)19(27,6-2)7-3)8-11-13(24)14(25)17(30-11)23-10-22-12-15(23)20-9-21-16(12)26/h9-11,13-14,17,24-25,27H,5-8H2,1-4H3,(H,28,29)(H,20,21,26)/t11-,13-,14-,17-,18-/m1/s1. The third-order valence-electron chi connectivity index (χ3n) is 6.36. The second-order valence-electron chi connectivity index (χ2n) is 8.41. The lowest BCUT2D eigenvalue weighted by Gasteiger charge is -2.38. The zero-order chi connectivity index (χ0) is 23.9. The van der Waals surface area contributed by atoms with Crippen molar-refractivity contribution in [3.8, 4) is 0 Å². The van der Waals surface area contributed by atoms with Gasteiger partial charge in [-0.25, -0.2) is 9.97 Å². The Morgan fingerprint density at radius 3 is 2.47 bits per heavy atom. The maximum Gasteiger partial charge on any atom is 0.359 e. The minimum Gasteiger partial charge on any atom is -0.388 e. The molecule has 0 aliphatic carbocycles. The molecule has 1 aliphatic rings. The molecule has 5 N–H and O–H groups in total. The highest BCUT2D eigenvalue weighted by atomic mass is 31.2. The predicted octanol–water partition coefficient (Wildman–Crippen LogP) is 1.01. The summed E-state index contributed by atoms with van der Waals surface area (Å²) in [6, 6.07) is 0. The smallest absolute Gasteiger partial charge is 0.359 e. The molecule has 1 aliphatic heterocycles. The van der Waals surface area contributed by atoms with E-state index in [4.69, 9.17) is 9.26 Å². The first kappa shape index (κ1) is 25.0. The second kappa shape index (κ2) is 8.94. The Balaban J connectivity index is 1.84. The van der Waals surface area contributed by atoms with E-state index >= 15 is 0 Å². The van der Waals surface area contributed by atoms with E-state index in [0.29, 0.717) is 0 Å². The van der Waals surface area contributed by atoms with Gasteiger partial charge in [0, 0.05) is 6.42 Å². The molecule has 6 atom stereocenters. The average molecular weight is 474 g/mol. The molecule has 1 saturated heterocycles. The van der Waals surface area contributed by atoms with Crippen LogP contribution in [-0.2, 0) is 13.8 Å². The quantitative estimate of drug-likeness (QED) is 0.329. The summed E-state index contributed by atoms with van der Waals surface area (Å²) in [5.74, 6) is 0. The highest BCUT2D eigenvalue weighted by Crippen LogP contribution is 2.60. The van der Waals surface area contributed by atoms with E-state index in [1.54, 1.807) is 27.7 Å². The summed E-state index contributed by atoms with van der Waals surface area (Å²) < 4.78 is 25.7. The van der Waals surface area contributed by atoms with Crippen LogP contribution in [0.2, 0.25) is 0 Å². The minimum absolute atomic E-state index is 0.0280. The van der Waals surface area contributed by atoms with E-state index in [-0.39, 0.29) is 36.8 Å². The van der Waals surface area contributed by atoms with Gasteiger partial charge in [-0.2, -0.15) is 0 Å². The van der Waals surface area contributed by atoms with Crippen LogP contribution >= 0.6 is 7.60 Å². The molecule has 3 heterocycles. The lowest BCUT2D eigenvalue weighted by atomic mass is 9.93. The van der Waals surface area contributed by atoms with Crippen molar-refractivity contribution in [1.29, 1.82) is 0 Å². The van der Waals surface area contributed by atoms with Gasteiger partial charge in [-0.1, -0.05) is 20.8 Å². The van der Waals surface area contributed by atoms with Crippen molar-refractivity contribution in [3.05, 3.63) is 23.0 Å². The number of aliphatic hydroxyl groups excluding tert-OH is 2. The van der Waals surface area contributed by atoms with Gasteiger partial charge in [0.2, 0.25) is 0 Å². The van der Waals surface area contributed by atoms with E-state index in [9.17, 15) is 29.6 Å². The lowest BCUT2D eigenvalue weighted by Crippen LogP contribution is -2.40. The molecule has 12 nitrogen and oxygen atoms in total. The Morgan fingerprint density at radius 1 is 1.22 bits per heavy atom. The summed E-state index contributed by atoms with van der Waals surface area (Å²) in [6.07, 6.45) is -1.98. The number of nitrogens with one attached hydrogen (secondary N) is 1. The van der Waals surface area contributed by atoms with Crippen LogP contribution in [0.4, 0.5) is 0 Å². The zero-order valence-electron chi connectivity index (χ0n) is 18.5. The van der Waals surface area contributed by atoms with Gasteiger partial charge >= 0.3 is 7.60 Å². The third kappa shape index (κ3) is 4.28. The molecule has 1 fully saturated rings. The van der Waals surface area contributed by atoms with Crippen LogP contribution < -0.4 is 5.56 Å². The Kier molecular flexibility index (Phi) is 6.98. The molecule has 13 heteroatoms. The fourth-order valence-corrected chi connectivity index (χ4v) is 5.65. The molecule has 0 aromatic carbocycles. The van der Waals surface area contributed by atoms with Gasteiger partial charge in [0.1, 0.15) is 12.2 Å². The van der Waals surface area contributed by atoms with Crippen LogP contribution in [0.3, 0.4) is 0 Å². The topological polar surface area (TPSA) is 180 Å². The first-order valence-electron chi connectivity index (χ1n) is 10.6. The molecular formula is C19H31N4O8P. The molecule has 2 aromatic heterocycles. The molecule has 0 amide bonds. The number of ether oxygens (including phenoxy) is 1. The van der Waals surface area contributed by atoms with Gasteiger partial charge in [-0.05, 0) is 26.2 Å². The van der Waals surface area contributed by atoms with Gasteiger partial charge < -0.3 is 34.5 Å². The molecule has 0 spiro atoms. The van der Waals surface area contributed by atoms with Crippen molar-refractivity contribution in [2.24, 2.45) is 0 Å². The summed E-state index contributed by atoms with van der Waals surface area (Å²) in [6.45, 7) is 6.52. The first-order chi connectivity index (χ1) is 14.9. The van der Waals surface area contributed by atoms with Crippen LogP contribution in [0.5, 0.6) is 0 Å². The van der Waals surface area contributed by atoms with Gasteiger partial charge in [-0.3, -0.25) is 13.9 Å². The van der Waals surface area contributed by atoms with Crippen LogP contribution in [-0.4, -0.2) is 69.0 Å². The number of hydrogen-bond donors (Lipinski definition) is 5. The number of hydrogen-bond acceptors (Lipinski definition) is 9. The molecule has 180 valence electrons. The molecule has 32 heavy (non-hydrogen) atoms. The number of imidazole rings is 1. The number of fused-ring (bicyclic) bond motifs is 1. The van der Waals surface area contributed by atoms with Crippen molar-refractivity contribution in [1.82, 2.24) is 19.5 Å². The van der Waals surface area contributed by atoms with Crippen LogP contribution in [0.25, 0.3) is 11.2 Å². The Labute approximate surface area is 184 Å². The van der Waals surface area contributed by atoms with E-state index in [1.165, 1.54) is 17.2 Å². The maximum absolute atomic E-state index is 12.9. The van der Waals surface area contributed by atoms with Gasteiger partial charge in [-0.15, -0.1) is 0 Å². The normalized spacial score (nSPS) is 28.0. The highest BCUT2D eigenvalue weighted by Gasteiger charge is 2.51.